The number of hydrogen-bond donors (Lipinski definition) is 1. The van der Waals surface area contributed by atoms with Crippen LogP contribution in [0.25, 0.3) is 0 Å². The van der Waals surface area contributed by atoms with E-state index >= 15 is 0 Å². The molecule has 1 aromatic rings. The molecule has 0 spiro atoms. The van der Waals surface area contributed by atoms with Gasteiger partial charge in [0, 0.05) is 12.0 Å². The zero-order valence-electron chi connectivity index (χ0n) is 9.96. The SMILES string of the molecule is CCCNC(COC)c1sc(C)nc1C. The normalized spacial score (nSPS) is 13.1. The Hall–Kier alpha value is -0.450. The summed E-state index contributed by atoms with van der Waals surface area (Å²) in [7, 11) is 1.74. The molecule has 0 saturated carbocycles. The predicted molar refractivity (Wildman–Crippen MR) is 64.5 cm³/mol. The maximum absolute atomic E-state index is 5.24. The van der Waals surface area contributed by atoms with Gasteiger partial charge < -0.3 is 10.1 Å². The lowest BCUT2D eigenvalue weighted by Gasteiger charge is -2.16. The van der Waals surface area contributed by atoms with Gasteiger partial charge in [-0.05, 0) is 26.8 Å². The van der Waals surface area contributed by atoms with Gasteiger partial charge in [0.1, 0.15) is 0 Å². The number of nitrogens with one attached hydrogen (secondary N) is 1. The van der Waals surface area contributed by atoms with Crippen molar-refractivity contribution in [3.05, 3.63) is 15.6 Å². The van der Waals surface area contributed by atoms with Gasteiger partial charge in [0.05, 0.1) is 23.4 Å². The van der Waals surface area contributed by atoms with Crippen LogP contribution in [0.1, 0.15) is 35.0 Å². The molecule has 1 heterocycles. The van der Waals surface area contributed by atoms with Crippen molar-refractivity contribution in [2.75, 3.05) is 20.3 Å². The van der Waals surface area contributed by atoms with Crippen LogP contribution in [0.5, 0.6) is 0 Å². The molecule has 1 rings (SSSR count). The van der Waals surface area contributed by atoms with E-state index < -0.39 is 0 Å². The average Bonchev–Trinajstić information content (AvgIpc) is 2.52. The fourth-order valence-electron chi connectivity index (χ4n) is 1.58. The first-order valence-electron chi connectivity index (χ1n) is 5.35. The standard InChI is InChI=1S/C11H20N2OS/c1-5-6-12-10(7-14-4)11-8(2)13-9(3)15-11/h10,12H,5-7H2,1-4H3. The van der Waals surface area contributed by atoms with Gasteiger partial charge in [0.15, 0.2) is 0 Å². The van der Waals surface area contributed by atoms with Crippen LogP contribution in [-0.4, -0.2) is 25.2 Å². The number of nitrogens with zero attached hydrogens (tertiary/aromatic N) is 1. The second-order valence-electron chi connectivity index (χ2n) is 3.64. The minimum absolute atomic E-state index is 0.293. The molecule has 15 heavy (non-hydrogen) atoms. The van der Waals surface area contributed by atoms with E-state index in [1.807, 2.05) is 6.92 Å². The highest BCUT2D eigenvalue weighted by Gasteiger charge is 2.16. The van der Waals surface area contributed by atoms with Crippen LogP contribution in [0, 0.1) is 13.8 Å². The first-order chi connectivity index (χ1) is 7.19. The molecule has 0 aliphatic carbocycles. The van der Waals surface area contributed by atoms with E-state index in [2.05, 4.69) is 24.1 Å². The number of ether oxygens (including phenoxy) is 1. The predicted octanol–water partition coefficient (Wildman–Crippen LogP) is 2.45. The van der Waals surface area contributed by atoms with E-state index in [0.29, 0.717) is 12.6 Å². The Labute approximate surface area is 95.9 Å². The Morgan fingerprint density at radius 2 is 2.20 bits per heavy atom. The fraction of sp³-hybridized carbons (Fsp3) is 0.727. The molecular weight excluding hydrogens is 208 g/mol. The number of aryl methyl sites for hydroxylation is 2. The number of hydrogen-bond acceptors (Lipinski definition) is 4. The molecule has 0 bridgehead atoms. The molecule has 4 heteroatoms. The van der Waals surface area contributed by atoms with Crippen molar-refractivity contribution >= 4 is 11.3 Å². The highest BCUT2D eigenvalue weighted by molar-refractivity contribution is 7.11. The van der Waals surface area contributed by atoms with E-state index in [1.54, 1.807) is 18.4 Å². The van der Waals surface area contributed by atoms with Crippen LogP contribution >= 0.6 is 11.3 Å². The van der Waals surface area contributed by atoms with Crippen molar-refractivity contribution in [3.8, 4) is 0 Å². The van der Waals surface area contributed by atoms with E-state index in [4.69, 9.17) is 4.74 Å². The quantitative estimate of drug-likeness (QED) is 0.812. The maximum atomic E-state index is 5.24. The number of aromatic nitrogens is 1. The molecule has 0 saturated heterocycles. The Bertz CT molecular complexity index is 299. The van der Waals surface area contributed by atoms with Crippen LogP contribution in [0.3, 0.4) is 0 Å². The van der Waals surface area contributed by atoms with Gasteiger partial charge in [-0.15, -0.1) is 11.3 Å². The summed E-state index contributed by atoms with van der Waals surface area (Å²) in [6, 6.07) is 0.293. The Morgan fingerprint density at radius 1 is 1.47 bits per heavy atom. The Balaban J connectivity index is 2.73. The van der Waals surface area contributed by atoms with Crippen molar-refractivity contribution in [2.45, 2.75) is 33.2 Å². The zero-order valence-corrected chi connectivity index (χ0v) is 10.8. The van der Waals surface area contributed by atoms with Gasteiger partial charge in [-0.25, -0.2) is 4.98 Å². The van der Waals surface area contributed by atoms with Gasteiger partial charge in [-0.2, -0.15) is 0 Å². The Morgan fingerprint density at radius 3 is 2.67 bits per heavy atom. The van der Waals surface area contributed by atoms with Gasteiger partial charge >= 0.3 is 0 Å². The summed E-state index contributed by atoms with van der Waals surface area (Å²) in [6.45, 7) is 8.01. The molecule has 0 aliphatic heterocycles. The summed E-state index contributed by atoms with van der Waals surface area (Å²) in [5, 5.41) is 4.61. The van der Waals surface area contributed by atoms with E-state index in [1.165, 1.54) is 4.88 Å². The van der Waals surface area contributed by atoms with Crippen molar-refractivity contribution < 1.29 is 4.74 Å². The lowest BCUT2D eigenvalue weighted by molar-refractivity contribution is 0.168. The molecule has 0 aromatic carbocycles. The molecule has 86 valence electrons. The van der Waals surface area contributed by atoms with Crippen LogP contribution in [0.2, 0.25) is 0 Å². The third kappa shape index (κ3) is 3.55. The second-order valence-corrected chi connectivity index (χ2v) is 4.88. The number of thiazole rings is 1. The molecule has 0 aliphatic rings. The first-order valence-corrected chi connectivity index (χ1v) is 6.17. The summed E-state index contributed by atoms with van der Waals surface area (Å²) in [5.74, 6) is 0. The van der Waals surface area contributed by atoms with Crippen LogP contribution in [0.15, 0.2) is 0 Å². The number of rotatable bonds is 6. The lowest BCUT2D eigenvalue weighted by atomic mass is 10.2. The molecule has 1 aromatic heterocycles. The van der Waals surface area contributed by atoms with Crippen molar-refractivity contribution in [2.24, 2.45) is 0 Å². The second kappa shape index (κ2) is 6.20. The fourth-order valence-corrected chi connectivity index (χ4v) is 2.57. The molecule has 0 fully saturated rings. The molecule has 3 nitrogen and oxygen atoms in total. The summed E-state index contributed by atoms with van der Waals surface area (Å²) in [5.41, 5.74) is 1.13. The zero-order chi connectivity index (χ0) is 11.3. The maximum Gasteiger partial charge on any atom is 0.0900 e. The molecule has 1 atom stereocenters. The van der Waals surface area contributed by atoms with Crippen LogP contribution in [0.4, 0.5) is 0 Å². The van der Waals surface area contributed by atoms with Gasteiger partial charge in [-0.1, -0.05) is 6.92 Å². The summed E-state index contributed by atoms with van der Waals surface area (Å²) >= 11 is 1.76. The topological polar surface area (TPSA) is 34.1 Å². The lowest BCUT2D eigenvalue weighted by Crippen LogP contribution is -2.25. The summed E-state index contributed by atoms with van der Waals surface area (Å²) in [6.07, 6.45) is 1.14. The van der Waals surface area contributed by atoms with Gasteiger partial charge in [0.25, 0.3) is 0 Å². The van der Waals surface area contributed by atoms with Crippen molar-refractivity contribution in [3.63, 3.8) is 0 Å². The van der Waals surface area contributed by atoms with E-state index in [-0.39, 0.29) is 0 Å². The van der Waals surface area contributed by atoms with Crippen LogP contribution < -0.4 is 5.32 Å². The first kappa shape index (κ1) is 12.6. The molecular formula is C11H20N2OS. The van der Waals surface area contributed by atoms with Crippen molar-refractivity contribution in [1.29, 1.82) is 0 Å². The molecule has 0 radical (unpaired) electrons. The molecule has 0 amide bonds. The van der Waals surface area contributed by atoms with Gasteiger partial charge in [0.2, 0.25) is 0 Å². The van der Waals surface area contributed by atoms with Crippen molar-refractivity contribution in [1.82, 2.24) is 10.3 Å². The summed E-state index contributed by atoms with van der Waals surface area (Å²) in [4.78, 5) is 5.75. The highest BCUT2D eigenvalue weighted by atomic mass is 32.1. The monoisotopic (exact) mass is 228 g/mol. The Kier molecular flexibility index (Phi) is 5.22. The minimum atomic E-state index is 0.293. The van der Waals surface area contributed by atoms with Gasteiger partial charge in [-0.3, -0.25) is 0 Å². The van der Waals surface area contributed by atoms with Crippen LogP contribution in [-0.2, 0) is 4.74 Å². The third-order valence-electron chi connectivity index (χ3n) is 2.23. The largest absolute Gasteiger partial charge is 0.383 e. The number of methoxy groups -OCH3 is 1. The van der Waals surface area contributed by atoms with E-state index in [9.17, 15) is 0 Å². The highest BCUT2D eigenvalue weighted by Crippen LogP contribution is 2.24. The molecule has 1 N–H and O–H groups in total. The third-order valence-corrected chi connectivity index (χ3v) is 3.42. The smallest absolute Gasteiger partial charge is 0.0900 e. The molecule has 1 unspecified atom stereocenters. The summed E-state index contributed by atoms with van der Waals surface area (Å²) < 4.78 is 5.24. The van der Waals surface area contributed by atoms with E-state index in [0.717, 1.165) is 23.7 Å². The average molecular weight is 228 g/mol. The minimum Gasteiger partial charge on any atom is -0.383 e.